The van der Waals surface area contributed by atoms with Crippen molar-refractivity contribution < 1.29 is 9.90 Å². The van der Waals surface area contributed by atoms with Crippen LogP contribution in [-0.4, -0.2) is 15.9 Å². The van der Waals surface area contributed by atoms with Crippen molar-refractivity contribution in [3.05, 3.63) is 0 Å². The van der Waals surface area contributed by atoms with Crippen molar-refractivity contribution in [1.29, 1.82) is 0 Å². The molecule has 0 aliphatic carbocycles. The van der Waals surface area contributed by atoms with Gasteiger partial charge in [0.15, 0.2) is 0 Å². The van der Waals surface area contributed by atoms with Crippen molar-refractivity contribution in [3.63, 3.8) is 0 Å². The first kappa shape index (κ1) is 6.21. The summed E-state index contributed by atoms with van der Waals surface area (Å²) in [5.74, 6) is 0. The molecule has 0 aromatic rings. The molecular formula is C2H2Cl2O2. The SMILES string of the molecule is O=C(Cl)C(O)Cl. The summed E-state index contributed by atoms with van der Waals surface area (Å²) in [6, 6.07) is 0. The van der Waals surface area contributed by atoms with Gasteiger partial charge in [-0.15, -0.1) is 0 Å². The average molecular weight is 129 g/mol. The lowest BCUT2D eigenvalue weighted by Gasteiger charge is -1.85. The third-order valence-electron chi connectivity index (χ3n) is 0.187. The second-order valence-electron chi connectivity index (χ2n) is 0.640. The Bertz CT molecular complexity index is 60.6. The van der Waals surface area contributed by atoms with E-state index in [4.69, 9.17) is 5.11 Å². The molecule has 0 radical (unpaired) electrons. The van der Waals surface area contributed by atoms with Gasteiger partial charge in [-0.05, 0) is 11.6 Å². The number of hydrogen-bond donors (Lipinski definition) is 1. The molecule has 36 valence electrons. The van der Waals surface area contributed by atoms with Crippen molar-refractivity contribution in [2.45, 2.75) is 5.56 Å². The third-order valence-corrected chi connectivity index (χ3v) is 0.704. The van der Waals surface area contributed by atoms with E-state index >= 15 is 0 Å². The molecule has 0 amide bonds. The number of hydrogen-bond acceptors (Lipinski definition) is 2. The Morgan fingerprint density at radius 2 is 2.00 bits per heavy atom. The zero-order valence-corrected chi connectivity index (χ0v) is 4.20. The van der Waals surface area contributed by atoms with E-state index in [-0.39, 0.29) is 0 Å². The summed E-state index contributed by atoms with van der Waals surface area (Å²) in [5.41, 5.74) is -1.55. The van der Waals surface area contributed by atoms with Crippen LogP contribution in [0.3, 0.4) is 0 Å². The Morgan fingerprint density at radius 1 is 1.83 bits per heavy atom. The lowest BCUT2D eigenvalue weighted by molar-refractivity contribution is -0.115. The number of aliphatic hydroxyl groups excluding tert-OH is 1. The number of halogens is 2. The Morgan fingerprint density at radius 3 is 2.00 bits per heavy atom. The smallest absolute Gasteiger partial charge is 0.265 e. The van der Waals surface area contributed by atoms with Crippen LogP contribution in [0.2, 0.25) is 0 Å². The summed E-state index contributed by atoms with van der Waals surface area (Å²) in [5, 5.41) is 6.97. The maximum atomic E-state index is 9.53. The van der Waals surface area contributed by atoms with E-state index in [0.29, 0.717) is 0 Å². The fraction of sp³-hybridized carbons (Fsp3) is 0.500. The van der Waals surface area contributed by atoms with E-state index in [1.54, 1.807) is 0 Å². The minimum Gasteiger partial charge on any atom is -0.370 e. The van der Waals surface area contributed by atoms with Crippen LogP contribution < -0.4 is 0 Å². The second-order valence-corrected chi connectivity index (χ2v) is 1.43. The molecular weight excluding hydrogens is 127 g/mol. The van der Waals surface area contributed by atoms with Crippen LogP contribution in [0.4, 0.5) is 0 Å². The normalized spacial score (nSPS) is 13.8. The molecule has 0 aliphatic rings. The Kier molecular flexibility index (Phi) is 2.48. The van der Waals surface area contributed by atoms with Gasteiger partial charge in [0, 0.05) is 0 Å². The van der Waals surface area contributed by atoms with Crippen LogP contribution in [-0.2, 0) is 4.79 Å². The molecule has 2 nitrogen and oxygen atoms in total. The van der Waals surface area contributed by atoms with Gasteiger partial charge in [-0.3, -0.25) is 4.79 Å². The molecule has 4 heteroatoms. The Balaban J connectivity index is 3.26. The molecule has 0 aromatic heterocycles. The van der Waals surface area contributed by atoms with Gasteiger partial charge >= 0.3 is 0 Å². The molecule has 1 unspecified atom stereocenters. The summed E-state index contributed by atoms with van der Waals surface area (Å²) in [6.07, 6.45) is 0. The van der Waals surface area contributed by atoms with Gasteiger partial charge in [-0.25, -0.2) is 0 Å². The maximum Gasteiger partial charge on any atom is 0.265 e. The summed E-state index contributed by atoms with van der Waals surface area (Å²) in [7, 11) is 0. The monoisotopic (exact) mass is 128 g/mol. The maximum absolute atomic E-state index is 9.53. The van der Waals surface area contributed by atoms with Crippen molar-refractivity contribution in [2.24, 2.45) is 0 Å². The molecule has 1 N–H and O–H groups in total. The van der Waals surface area contributed by atoms with Crippen molar-refractivity contribution in [1.82, 2.24) is 0 Å². The van der Waals surface area contributed by atoms with Crippen LogP contribution in [0, 0.1) is 0 Å². The van der Waals surface area contributed by atoms with Crippen LogP contribution in [0.5, 0.6) is 0 Å². The van der Waals surface area contributed by atoms with Crippen molar-refractivity contribution in [3.8, 4) is 0 Å². The molecule has 0 spiro atoms. The highest BCUT2D eigenvalue weighted by molar-refractivity contribution is 6.68. The number of alkyl halides is 1. The second kappa shape index (κ2) is 2.39. The fourth-order valence-corrected chi connectivity index (χ4v) is 0. The van der Waals surface area contributed by atoms with E-state index in [1.165, 1.54) is 0 Å². The molecule has 0 aromatic carbocycles. The number of aliphatic hydroxyl groups is 1. The quantitative estimate of drug-likeness (QED) is 0.408. The largest absolute Gasteiger partial charge is 0.370 e. The lowest BCUT2D eigenvalue weighted by Crippen LogP contribution is -2.03. The summed E-state index contributed by atoms with van der Waals surface area (Å²) in [6.45, 7) is 0. The van der Waals surface area contributed by atoms with Gasteiger partial charge < -0.3 is 5.11 Å². The van der Waals surface area contributed by atoms with Crippen molar-refractivity contribution >= 4 is 28.4 Å². The van der Waals surface area contributed by atoms with E-state index in [9.17, 15) is 4.79 Å². The van der Waals surface area contributed by atoms with E-state index < -0.39 is 10.8 Å². The molecule has 0 rings (SSSR count). The first-order valence-electron chi connectivity index (χ1n) is 1.16. The predicted octanol–water partition coefficient (Wildman–Crippen LogP) is 0.309. The molecule has 0 fully saturated rings. The van der Waals surface area contributed by atoms with Crippen molar-refractivity contribution in [2.75, 3.05) is 0 Å². The molecule has 0 bridgehead atoms. The van der Waals surface area contributed by atoms with Crippen LogP contribution in [0.1, 0.15) is 0 Å². The summed E-state index contributed by atoms with van der Waals surface area (Å²) in [4.78, 5) is 9.53. The van der Waals surface area contributed by atoms with Crippen LogP contribution in [0.15, 0.2) is 0 Å². The standard InChI is InChI=1S/C2H2Cl2O2/c3-1(5)2(4)6/h1,5H. The zero-order valence-electron chi connectivity index (χ0n) is 2.69. The summed E-state index contributed by atoms with van der Waals surface area (Å²) >= 11 is 9.28. The Hall–Kier alpha value is 0.210. The van der Waals surface area contributed by atoms with Gasteiger partial charge in [0.1, 0.15) is 0 Å². The minimum absolute atomic E-state index is 0.948. The molecule has 1 atom stereocenters. The average Bonchev–Trinajstić information content (AvgIpc) is 1.36. The van der Waals surface area contributed by atoms with E-state index in [2.05, 4.69) is 23.2 Å². The lowest BCUT2D eigenvalue weighted by atomic mass is 10.8. The highest BCUT2D eigenvalue weighted by Gasteiger charge is 2.03. The zero-order chi connectivity index (χ0) is 5.15. The first-order chi connectivity index (χ1) is 2.64. The van der Waals surface area contributed by atoms with Gasteiger partial charge in [0.05, 0.1) is 0 Å². The van der Waals surface area contributed by atoms with E-state index in [0.717, 1.165) is 0 Å². The van der Waals surface area contributed by atoms with Crippen LogP contribution >= 0.6 is 23.2 Å². The molecule has 0 saturated carbocycles. The Labute approximate surface area is 44.7 Å². The fourth-order valence-electron chi connectivity index (χ4n) is 0. The first-order valence-corrected chi connectivity index (χ1v) is 1.97. The van der Waals surface area contributed by atoms with Gasteiger partial charge in [0.2, 0.25) is 5.56 Å². The van der Waals surface area contributed by atoms with E-state index in [1.807, 2.05) is 0 Å². The number of carbonyl (C=O) groups is 1. The van der Waals surface area contributed by atoms with Gasteiger partial charge in [-0.1, -0.05) is 11.6 Å². The van der Waals surface area contributed by atoms with Gasteiger partial charge in [0.25, 0.3) is 5.24 Å². The molecule has 0 heterocycles. The topological polar surface area (TPSA) is 37.3 Å². The van der Waals surface area contributed by atoms with Gasteiger partial charge in [-0.2, -0.15) is 0 Å². The summed E-state index contributed by atoms with van der Waals surface area (Å²) < 4.78 is 0. The van der Waals surface area contributed by atoms with Crippen LogP contribution in [0.25, 0.3) is 0 Å². The highest BCUT2D eigenvalue weighted by Crippen LogP contribution is 1.93. The molecule has 0 aliphatic heterocycles. The number of carbonyl (C=O) groups excluding carboxylic acids is 1. The highest BCUT2D eigenvalue weighted by atomic mass is 35.5. The molecule has 0 saturated heterocycles. The predicted molar refractivity (Wildman–Crippen MR) is 22.7 cm³/mol. The molecule has 6 heavy (non-hydrogen) atoms. The number of rotatable bonds is 1. The minimum atomic E-state index is -1.55. The third kappa shape index (κ3) is 2.45.